The number of hydrogen-bond acceptors (Lipinski definition) is 4. The molecule has 0 bridgehead atoms. The molecule has 0 fully saturated rings. The summed E-state index contributed by atoms with van der Waals surface area (Å²) in [5.41, 5.74) is 1.58. The van der Waals surface area contributed by atoms with Gasteiger partial charge in [0.05, 0.1) is 12.1 Å². The van der Waals surface area contributed by atoms with Gasteiger partial charge in [0, 0.05) is 17.1 Å². The SMILES string of the molecule is COc1ccc(N(C(=O)[C@@H](C)Cl)C(C(=O)NCCc2ccccc2)c2cccs2)cc1Cl. The quantitative estimate of drug-likeness (QED) is 0.404. The van der Waals surface area contributed by atoms with Gasteiger partial charge in [-0.15, -0.1) is 22.9 Å². The number of amides is 2. The largest absolute Gasteiger partial charge is 0.495 e. The second kappa shape index (κ2) is 11.4. The molecule has 2 amide bonds. The predicted octanol–water partition coefficient (Wildman–Crippen LogP) is 5.47. The molecule has 0 radical (unpaired) electrons. The lowest BCUT2D eigenvalue weighted by molar-refractivity contribution is -0.126. The van der Waals surface area contributed by atoms with Gasteiger partial charge in [-0.2, -0.15) is 0 Å². The third-order valence-corrected chi connectivity index (χ3v) is 6.27. The van der Waals surface area contributed by atoms with Crippen LogP contribution < -0.4 is 15.0 Å². The Morgan fingerprint density at radius 1 is 1.12 bits per heavy atom. The molecule has 0 aliphatic carbocycles. The van der Waals surface area contributed by atoms with Gasteiger partial charge in [0.1, 0.15) is 17.2 Å². The van der Waals surface area contributed by atoms with Gasteiger partial charge < -0.3 is 10.1 Å². The second-order valence-electron chi connectivity index (χ2n) is 7.09. The Morgan fingerprint density at radius 2 is 1.88 bits per heavy atom. The molecule has 32 heavy (non-hydrogen) atoms. The molecule has 0 saturated carbocycles. The van der Waals surface area contributed by atoms with Crippen molar-refractivity contribution in [2.45, 2.75) is 24.8 Å². The lowest BCUT2D eigenvalue weighted by atomic mass is 10.1. The van der Waals surface area contributed by atoms with Crippen molar-refractivity contribution in [3.05, 3.63) is 81.5 Å². The zero-order valence-corrected chi connectivity index (χ0v) is 20.1. The summed E-state index contributed by atoms with van der Waals surface area (Å²) >= 11 is 13.9. The highest BCUT2D eigenvalue weighted by atomic mass is 35.5. The van der Waals surface area contributed by atoms with Crippen LogP contribution in [0.5, 0.6) is 5.75 Å². The van der Waals surface area contributed by atoms with E-state index in [0.717, 1.165) is 10.4 Å². The van der Waals surface area contributed by atoms with E-state index in [1.807, 2.05) is 47.8 Å². The number of ether oxygens (including phenoxy) is 1. The number of halogens is 2. The number of anilines is 1. The summed E-state index contributed by atoms with van der Waals surface area (Å²) < 4.78 is 5.22. The van der Waals surface area contributed by atoms with Gasteiger partial charge in [0.15, 0.2) is 0 Å². The maximum Gasteiger partial charge on any atom is 0.248 e. The first-order valence-electron chi connectivity index (χ1n) is 10.1. The zero-order valence-electron chi connectivity index (χ0n) is 17.8. The van der Waals surface area contributed by atoms with Gasteiger partial charge in [0.2, 0.25) is 11.8 Å². The topological polar surface area (TPSA) is 58.6 Å². The number of alkyl halides is 1. The Bertz CT molecular complexity index is 1040. The van der Waals surface area contributed by atoms with Crippen molar-refractivity contribution in [2.24, 2.45) is 0 Å². The van der Waals surface area contributed by atoms with E-state index in [4.69, 9.17) is 27.9 Å². The average Bonchev–Trinajstić information content (AvgIpc) is 3.31. The van der Waals surface area contributed by atoms with E-state index in [1.54, 1.807) is 25.1 Å². The normalized spacial score (nSPS) is 12.6. The number of thiophene rings is 1. The summed E-state index contributed by atoms with van der Waals surface area (Å²) in [5.74, 6) is -0.216. The van der Waals surface area contributed by atoms with Gasteiger partial charge in [-0.1, -0.05) is 48.0 Å². The van der Waals surface area contributed by atoms with Gasteiger partial charge in [0.25, 0.3) is 0 Å². The molecule has 0 aliphatic heterocycles. The number of methoxy groups -OCH3 is 1. The minimum absolute atomic E-state index is 0.291. The number of carbonyl (C=O) groups is 2. The lowest BCUT2D eigenvalue weighted by Gasteiger charge is -2.31. The van der Waals surface area contributed by atoms with Crippen molar-refractivity contribution < 1.29 is 14.3 Å². The molecule has 8 heteroatoms. The summed E-state index contributed by atoms with van der Waals surface area (Å²) in [5, 5.41) is 4.34. The first-order valence-corrected chi connectivity index (χ1v) is 11.8. The standard InChI is InChI=1S/C24H24Cl2N2O3S/c1-16(25)24(30)28(18-10-11-20(31-2)19(26)15-18)22(21-9-6-14-32-21)23(29)27-13-12-17-7-4-3-5-8-17/h3-11,14-16,22H,12-13H2,1-2H3,(H,27,29)/t16-,22?/m1/s1. The highest BCUT2D eigenvalue weighted by Crippen LogP contribution is 2.35. The zero-order chi connectivity index (χ0) is 23.1. The van der Waals surface area contributed by atoms with Crippen LogP contribution in [0.15, 0.2) is 66.0 Å². The summed E-state index contributed by atoms with van der Waals surface area (Å²) in [7, 11) is 1.51. The van der Waals surface area contributed by atoms with Crippen LogP contribution in [0, 0.1) is 0 Å². The maximum absolute atomic E-state index is 13.4. The highest BCUT2D eigenvalue weighted by Gasteiger charge is 2.35. The number of nitrogens with zero attached hydrogens (tertiary/aromatic N) is 1. The molecular weight excluding hydrogens is 467 g/mol. The highest BCUT2D eigenvalue weighted by molar-refractivity contribution is 7.10. The summed E-state index contributed by atoms with van der Waals surface area (Å²) in [4.78, 5) is 28.7. The molecule has 1 unspecified atom stereocenters. The molecule has 3 aromatic rings. The predicted molar refractivity (Wildman–Crippen MR) is 131 cm³/mol. The van der Waals surface area contributed by atoms with Crippen LogP contribution in [0.25, 0.3) is 0 Å². The Morgan fingerprint density at radius 3 is 2.47 bits per heavy atom. The van der Waals surface area contributed by atoms with E-state index in [2.05, 4.69) is 5.32 Å². The molecule has 5 nitrogen and oxygen atoms in total. The summed E-state index contributed by atoms with van der Waals surface area (Å²) in [6.45, 7) is 2.02. The Labute approximate surface area is 201 Å². The van der Waals surface area contributed by atoms with E-state index < -0.39 is 17.3 Å². The molecule has 1 heterocycles. The molecule has 168 valence electrons. The minimum atomic E-state index is -0.885. The fourth-order valence-corrected chi connectivity index (χ4v) is 4.46. The molecule has 1 N–H and O–H groups in total. The first kappa shape index (κ1) is 24.1. The molecule has 3 rings (SSSR count). The molecule has 2 aromatic carbocycles. The number of carbonyl (C=O) groups excluding carboxylic acids is 2. The molecule has 2 atom stereocenters. The Hall–Kier alpha value is -2.54. The smallest absolute Gasteiger partial charge is 0.248 e. The molecular formula is C24H24Cl2N2O3S. The van der Waals surface area contributed by atoms with Gasteiger partial charge in [-0.3, -0.25) is 14.5 Å². The number of benzene rings is 2. The molecule has 0 aliphatic rings. The van der Waals surface area contributed by atoms with Gasteiger partial charge in [-0.25, -0.2) is 0 Å². The van der Waals surface area contributed by atoms with E-state index in [9.17, 15) is 9.59 Å². The third kappa shape index (κ3) is 5.82. The van der Waals surface area contributed by atoms with Crippen LogP contribution in [-0.2, 0) is 16.0 Å². The first-order chi connectivity index (χ1) is 15.4. The van der Waals surface area contributed by atoms with E-state index in [1.165, 1.54) is 23.3 Å². The van der Waals surface area contributed by atoms with E-state index >= 15 is 0 Å². The summed E-state index contributed by atoms with van der Waals surface area (Å²) in [6.07, 6.45) is 0.679. The molecule has 0 saturated heterocycles. The monoisotopic (exact) mass is 490 g/mol. The van der Waals surface area contributed by atoms with Crippen LogP contribution in [0.3, 0.4) is 0 Å². The van der Waals surface area contributed by atoms with Crippen LogP contribution in [0.1, 0.15) is 23.4 Å². The Balaban J connectivity index is 1.93. The van der Waals surface area contributed by atoms with Gasteiger partial charge >= 0.3 is 0 Å². The maximum atomic E-state index is 13.4. The van der Waals surface area contributed by atoms with Crippen molar-refractivity contribution in [1.29, 1.82) is 0 Å². The Kier molecular flexibility index (Phi) is 8.56. The molecule has 0 spiro atoms. The van der Waals surface area contributed by atoms with Crippen LogP contribution in [-0.4, -0.2) is 30.8 Å². The van der Waals surface area contributed by atoms with Crippen molar-refractivity contribution in [3.63, 3.8) is 0 Å². The third-order valence-electron chi connectivity index (χ3n) is 4.87. The van der Waals surface area contributed by atoms with Crippen LogP contribution in [0.4, 0.5) is 5.69 Å². The fraction of sp³-hybridized carbons (Fsp3) is 0.250. The second-order valence-corrected chi connectivity index (χ2v) is 9.13. The van der Waals surface area contributed by atoms with Crippen LogP contribution >= 0.6 is 34.5 Å². The van der Waals surface area contributed by atoms with Gasteiger partial charge in [-0.05, 0) is 48.6 Å². The number of nitrogens with one attached hydrogen (secondary N) is 1. The van der Waals surface area contributed by atoms with Crippen molar-refractivity contribution in [3.8, 4) is 5.75 Å². The number of rotatable bonds is 9. The van der Waals surface area contributed by atoms with E-state index in [0.29, 0.717) is 29.4 Å². The fourth-order valence-electron chi connectivity index (χ4n) is 3.29. The minimum Gasteiger partial charge on any atom is -0.495 e. The van der Waals surface area contributed by atoms with Crippen LogP contribution in [0.2, 0.25) is 5.02 Å². The average molecular weight is 491 g/mol. The summed E-state index contributed by atoms with van der Waals surface area (Å²) in [6, 6.07) is 17.6. The van der Waals surface area contributed by atoms with Crippen molar-refractivity contribution >= 4 is 52.0 Å². The van der Waals surface area contributed by atoms with Crippen molar-refractivity contribution in [1.82, 2.24) is 5.32 Å². The van der Waals surface area contributed by atoms with E-state index in [-0.39, 0.29) is 5.91 Å². The van der Waals surface area contributed by atoms with Crippen molar-refractivity contribution in [2.75, 3.05) is 18.6 Å². The molecule has 1 aromatic heterocycles. The lowest BCUT2D eigenvalue weighted by Crippen LogP contribution is -2.46. The number of hydrogen-bond donors (Lipinski definition) is 1.